The average molecular weight is 151 g/mol. The summed E-state index contributed by atoms with van der Waals surface area (Å²) in [7, 11) is 2.00. The van der Waals surface area contributed by atoms with Crippen LogP contribution in [0.15, 0.2) is 6.07 Å². The molecule has 11 heavy (non-hydrogen) atoms. The molecule has 0 spiro atoms. The van der Waals surface area contributed by atoms with E-state index in [4.69, 9.17) is 0 Å². The Hall–Kier alpha value is -0.830. The van der Waals surface area contributed by atoms with Gasteiger partial charge >= 0.3 is 0 Å². The predicted molar refractivity (Wildman–Crippen MR) is 43.3 cm³/mol. The Balaban J connectivity index is 2.28. The van der Waals surface area contributed by atoms with Crippen molar-refractivity contribution in [2.24, 2.45) is 7.05 Å². The van der Waals surface area contributed by atoms with Gasteiger partial charge in [0.1, 0.15) is 0 Å². The molecule has 3 nitrogen and oxygen atoms in total. The van der Waals surface area contributed by atoms with Crippen LogP contribution in [0.3, 0.4) is 0 Å². The zero-order valence-electron chi connectivity index (χ0n) is 6.96. The van der Waals surface area contributed by atoms with Crippen LogP contribution >= 0.6 is 0 Å². The molecule has 0 saturated carbocycles. The molecule has 1 aromatic rings. The van der Waals surface area contributed by atoms with Gasteiger partial charge in [-0.15, -0.1) is 0 Å². The molecule has 0 bridgehead atoms. The van der Waals surface area contributed by atoms with Gasteiger partial charge in [0.15, 0.2) is 0 Å². The molecule has 2 heterocycles. The number of aromatic nitrogens is 2. The minimum absolute atomic E-state index is 0.557. The summed E-state index contributed by atoms with van der Waals surface area (Å²) in [5, 5.41) is 7.65. The largest absolute Gasteiger partial charge is 0.309 e. The first kappa shape index (κ1) is 6.85. The van der Waals surface area contributed by atoms with Crippen molar-refractivity contribution in [3.05, 3.63) is 17.5 Å². The van der Waals surface area contributed by atoms with Crippen LogP contribution < -0.4 is 5.32 Å². The fourth-order valence-electron chi connectivity index (χ4n) is 1.50. The highest BCUT2D eigenvalue weighted by atomic mass is 15.3. The Labute approximate surface area is 66.4 Å². The van der Waals surface area contributed by atoms with Crippen LogP contribution in [0.2, 0.25) is 0 Å². The van der Waals surface area contributed by atoms with Gasteiger partial charge in [-0.1, -0.05) is 0 Å². The Morgan fingerprint density at radius 1 is 1.73 bits per heavy atom. The highest BCUT2D eigenvalue weighted by Gasteiger charge is 2.21. The molecule has 1 N–H and O–H groups in total. The molecule has 3 heteroatoms. The Morgan fingerprint density at radius 2 is 2.45 bits per heavy atom. The maximum absolute atomic E-state index is 4.29. The number of nitrogens with one attached hydrogen (secondary N) is 1. The third-order valence-electron chi connectivity index (χ3n) is 2.22. The molecule has 0 aromatic carbocycles. The molecule has 1 atom stereocenters. The van der Waals surface area contributed by atoms with E-state index in [0.717, 1.165) is 12.2 Å². The Morgan fingerprint density at radius 3 is 2.82 bits per heavy atom. The van der Waals surface area contributed by atoms with E-state index in [1.54, 1.807) is 0 Å². The molecular formula is C8H13N3. The number of hydrogen-bond donors (Lipinski definition) is 1. The molecule has 0 radical (unpaired) electrons. The average Bonchev–Trinajstić information content (AvgIpc) is 2.07. The van der Waals surface area contributed by atoms with Crippen LogP contribution in [0, 0.1) is 6.92 Å². The lowest BCUT2D eigenvalue weighted by molar-refractivity contribution is 0.363. The Bertz CT molecular complexity index is 260. The lowest BCUT2D eigenvalue weighted by Crippen LogP contribution is -2.36. The van der Waals surface area contributed by atoms with Crippen molar-refractivity contribution in [2.45, 2.75) is 19.4 Å². The van der Waals surface area contributed by atoms with E-state index in [2.05, 4.69) is 16.5 Å². The SMILES string of the molecule is Cc1cc(C2CCN2)n(C)n1. The van der Waals surface area contributed by atoms with Gasteiger partial charge < -0.3 is 5.32 Å². The molecule has 1 saturated heterocycles. The summed E-state index contributed by atoms with van der Waals surface area (Å²) in [6.45, 7) is 3.18. The van der Waals surface area contributed by atoms with Gasteiger partial charge in [0.25, 0.3) is 0 Å². The van der Waals surface area contributed by atoms with Gasteiger partial charge in [0, 0.05) is 7.05 Å². The molecule has 60 valence electrons. The second kappa shape index (κ2) is 2.34. The zero-order chi connectivity index (χ0) is 7.84. The molecule has 0 amide bonds. The van der Waals surface area contributed by atoms with Gasteiger partial charge in [0.05, 0.1) is 17.4 Å². The number of aryl methyl sites for hydroxylation is 2. The van der Waals surface area contributed by atoms with Gasteiger partial charge in [-0.2, -0.15) is 5.10 Å². The maximum atomic E-state index is 4.29. The summed E-state index contributed by atoms with van der Waals surface area (Å²) in [5.41, 5.74) is 2.42. The van der Waals surface area contributed by atoms with E-state index in [9.17, 15) is 0 Å². The van der Waals surface area contributed by atoms with Gasteiger partial charge in [0.2, 0.25) is 0 Å². The van der Waals surface area contributed by atoms with Crippen LogP contribution in [0.4, 0.5) is 0 Å². The topological polar surface area (TPSA) is 29.9 Å². The minimum atomic E-state index is 0.557. The molecular weight excluding hydrogens is 138 g/mol. The van der Waals surface area contributed by atoms with Crippen LogP contribution in [-0.2, 0) is 7.05 Å². The highest BCUT2D eigenvalue weighted by Crippen LogP contribution is 2.22. The van der Waals surface area contributed by atoms with Crippen LogP contribution in [0.5, 0.6) is 0 Å². The van der Waals surface area contributed by atoms with Crippen molar-refractivity contribution in [2.75, 3.05) is 6.54 Å². The van der Waals surface area contributed by atoms with E-state index >= 15 is 0 Å². The molecule has 0 aliphatic carbocycles. The molecule has 1 fully saturated rings. The van der Waals surface area contributed by atoms with Gasteiger partial charge in [-0.3, -0.25) is 4.68 Å². The van der Waals surface area contributed by atoms with Crippen LogP contribution in [0.1, 0.15) is 23.9 Å². The number of rotatable bonds is 1. The lowest BCUT2D eigenvalue weighted by Gasteiger charge is -2.27. The van der Waals surface area contributed by atoms with Crippen LogP contribution in [-0.4, -0.2) is 16.3 Å². The third kappa shape index (κ3) is 1.05. The van der Waals surface area contributed by atoms with Crippen molar-refractivity contribution in [3.63, 3.8) is 0 Å². The van der Waals surface area contributed by atoms with E-state index in [-0.39, 0.29) is 0 Å². The van der Waals surface area contributed by atoms with E-state index in [1.807, 2.05) is 18.7 Å². The maximum Gasteiger partial charge on any atom is 0.0597 e. The number of hydrogen-bond acceptors (Lipinski definition) is 2. The summed E-state index contributed by atoms with van der Waals surface area (Å²) in [6.07, 6.45) is 1.25. The predicted octanol–water partition coefficient (Wildman–Crippen LogP) is 0.763. The quantitative estimate of drug-likeness (QED) is 0.642. The molecule has 1 aromatic heterocycles. The summed E-state index contributed by atoms with van der Waals surface area (Å²) in [4.78, 5) is 0. The third-order valence-corrected chi connectivity index (χ3v) is 2.22. The lowest BCUT2D eigenvalue weighted by atomic mass is 10.0. The van der Waals surface area contributed by atoms with E-state index in [1.165, 1.54) is 12.1 Å². The zero-order valence-corrected chi connectivity index (χ0v) is 6.96. The standard InChI is InChI=1S/C8H13N3/c1-6-5-8(11(2)10-6)7-3-4-9-7/h5,7,9H,3-4H2,1-2H3. The fourth-order valence-corrected chi connectivity index (χ4v) is 1.50. The summed E-state index contributed by atoms with van der Waals surface area (Å²) < 4.78 is 1.96. The summed E-state index contributed by atoms with van der Waals surface area (Å²) in [5.74, 6) is 0. The first-order valence-electron chi connectivity index (χ1n) is 4.01. The smallest absolute Gasteiger partial charge is 0.0597 e. The van der Waals surface area contributed by atoms with Crippen LogP contribution in [0.25, 0.3) is 0 Å². The highest BCUT2D eigenvalue weighted by molar-refractivity contribution is 5.14. The van der Waals surface area contributed by atoms with Crippen molar-refractivity contribution in [1.82, 2.24) is 15.1 Å². The van der Waals surface area contributed by atoms with Crippen molar-refractivity contribution in [3.8, 4) is 0 Å². The first-order chi connectivity index (χ1) is 5.27. The van der Waals surface area contributed by atoms with Gasteiger partial charge in [-0.25, -0.2) is 0 Å². The molecule has 1 aliphatic rings. The monoisotopic (exact) mass is 151 g/mol. The molecule has 2 rings (SSSR count). The van der Waals surface area contributed by atoms with Gasteiger partial charge in [-0.05, 0) is 26.0 Å². The normalized spacial score (nSPS) is 23.3. The van der Waals surface area contributed by atoms with Crippen molar-refractivity contribution >= 4 is 0 Å². The molecule has 1 aliphatic heterocycles. The minimum Gasteiger partial charge on any atom is -0.309 e. The summed E-state index contributed by atoms with van der Waals surface area (Å²) >= 11 is 0. The summed E-state index contributed by atoms with van der Waals surface area (Å²) in [6, 6.07) is 2.71. The fraction of sp³-hybridized carbons (Fsp3) is 0.625. The van der Waals surface area contributed by atoms with E-state index < -0.39 is 0 Å². The first-order valence-corrected chi connectivity index (χ1v) is 4.01. The Kier molecular flexibility index (Phi) is 1.46. The second-order valence-corrected chi connectivity index (χ2v) is 3.13. The number of nitrogens with zero attached hydrogens (tertiary/aromatic N) is 2. The van der Waals surface area contributed by atoms with Crippen molar-refractivity contribution < 1.29 is 0 Å². The molecule has 1 unspecified atom stereocenters. The van der Waals surface area contributed by atoms with Crippen molar-refractivity contribution in [1.29, 1.82) is 0 Å². The second-order valence-electron chi connectivity index (χ2n) is 3.13. The van der Waals surface area contributed by atoms with E-state index in [0.29, 0.717) is 6.04 Å².